The molecule has 1 aliphatic carbocycles. The largest absolute Gasteiger partial charge is 0.493 e. The van der Waals surface area contributed by atoms with Gasteiger partial charge in [-0.3, -0.25) is 24.5 Å². The molecule has 0 bridgehead atoms. The number of nitro benzene ring substituents is 1. The number of unbranched alkanes of at least 4 members (excludes halogenated alkanes) is 3. The van der Waals surface area contributed by atoms with Crippen molar-refractivity contribution in [3.8, 4) is 5.75 Å². The number of nitrogens with zero attached hydrogens (tertiary/aromatic N) is 2. The van der Waals surface area contributed by atoms with E-state index in [9.17, 15) is 24.5 Å². The molecule has 1 aliphatic rings. The van der Waals surface area contributed by atoms with Gasteiger partial charge in [0.25, 0.3) is 5.69 Å². The van der Waals surface area contributed by atoms with Crippen molar-refractivity contribution >= 4 is 23.3 Å². The average molecular weight is 491 g/mol. The molecule has 9 nitrogen and oxygen atoms in total. The highest BCUT2D eigenvalue weighted by Crippen LogP contribution is 2.29. The number of ketones is 1. The number of benzene rings is 1. The van der Waals surface area contributed by atoms with E-state index in [0.29, 0.717) is 19.4 Å². The highest BCUT2D eigenvalue weighted by Gasteiger charge is 2.25. The van der Waals surface area contributed by atoms with Crippen LogP contribution >= 0.6 is 0 Å². The molecule has 1 saturated carbocycles. The van der Waals surface area contributed by atoms with E-state index >= 15 is 0 Å². The maximum absolute atomic E-state index is 13.1. The summed E-state index contributed by atoms with van der Waals surface area (Å²) in [5.74, 6) is -0.408. The van der Waals surface area contributed by atoms with Crippen LogP contribution in [-0.4, -0.2) is 53.3 Å². The molecule has 1 fully saturated rings. The van der Waals surface area contributed by atoms with Crippen LogP contribution in [0.3, 0.4) is 0 Å². The van der Waals surface area contributed by atoms with Crippen LogP contribution in [0, 0.1) is 10.1 Å². The van der Waals surface area contributed by atoms with E-state index in [1.807, 2.05) is 4.90 Å². The molecule has 0 aromatic heterocycles. The first-order valence-corrected chi connectivity index (χ1v) is 12.6. The lowest BCUT2D eigenvalue weighted by Crippen LogP contribution is -2.42. The molecule has 9 heteroatoms. The van der Waals surface area contributed by atoms with E-state index in [4.69, 9.17) is 9.47 Å². The highest BCUT2D eigenvalue weighted by molar-refractivity contribution is 6.00. The molecule has 0 N–H and O–H groups in total. The smallest absolute Gasteiger partial charge is 0.302 e. The molecule has 0 saturated heterocycles. The Balaban J connectivity index is 1.85. The van der Waals surface area contributed by atoms with Gasteiger partial charge in [-0.2, -0.15) is 0 Å². The molecule has 1 aromatic carbocycles. The summed E-state index contributed by atoms with van der Waals surface area (Å²) in [4.78, 5) is 48.5. The fourth-order valence-electron chi connectivity index (χ4n) is 4.55. The second kappa shape index (κ2) is 15.1. The number of esters is 1. The van der Waals surface area contributed by atoms with Gasteiger partial charge in [-0.1, -0.05) is 31.7 Å². The first-order chi connectivity index (χ1) is 16.8. The molecule has 35 heavy (non-hydrogen) atoms. The average Bonchev–Trinajstić information content (AvgIpc) is 2.83. The summed E-state index contributed by atoms with van der Waals surface area (Å²) in [7, 11) is 0. The molecular weight excluding hydrogens is 452 g/mol. The molecule has 0 radical (unpaired) electrons. The van der Waals surface area contributed by atoms with Crippen molar-refractivity contribution in [3.63, 3.8) is 0 Å². The van der Waals surface area contributed by atoms with E-state index in [1.54, 1.807) is 6.07 Å². The van der Waals surface area contributed by atoms with Crippen LogP contribution in [0.5, 0.6) is 5.75 Å². The van der Waals surface area contributed by atoms with Crippen molar-refractivity contribution in [2.75, 3.05) is 19.8 Å². The Morgan fingerprint density at radius 3 is 2.37 bits per heavy atom. The van der Waals surface area contributed by atoms with Gasteiger partial charge in [0.05, 0.1) is 18.1 Å². The Bertz CT molecular complexity index is 865. The van der Waals surface area contributed by atoms with Gasteiger partial charge in [0.15, 0.2) is 5.78 Å². The predicted octanol–water partition coefficient (Wildman–Crippen LogP) is 5.24. The Hall–Kier alpha value is -2.97. The Labute approximate surface area is 207 Å². The third-order valence-electron chi connectivity index (χ3n) is 6.28. The van der Waals surface area contributed by atoms with Gasteiger partial charge in [-0.25, -0.2) is 0 Å². The first-order valence-electron chi connectivity index (χ1n) is 12.6. The number of nitro groups is 1. The molecule has 194 valence electrons. The molecule has 0 atom stereocenters. The third-order valence-corrected chi connectivity index (χ3v) is 6.28. The SMILES string of the molecule is CC(=O)OCCCCCCN(C(=O)CCCOc1cccc([N+](=O)[O-])c1C(C)=O)C1CCCCC1. The van der Waals surface area contributed by atoms with E-state index in [-0.39, 0.29) is 41.5 Å². The molecule has 2 rings (SSSR count). The number of carbonyl (C=O) groups excluding carboxylic acids is 3. The summed E-state index contributed by atoms with van der Waals surface area (Å²) >= 11 is 0. The van der Waals surface area contributed by atoms with Crippen LogP contribution in [0.2, 0.25) is 0 Å². The second-order valence-corrected chi connectivity index (χ2v) is 9.05. The minimum Gasteiger partial charge on any atom is -0.493 e. The quantitative estimate of drug-likeness (QED) is 0.108. The lowest BCUT2D eigenvalue weighted by molar-refractivity contribution is -0.385. The lowest BCUT2D eigenvalue weighted by Gasteiger charge is -2.34. The van der Waals surface area contributed by atoms with Crippen molar-refractivity contribution < 1.29 is 28.8 Å². The second-order valence-electron chi connectivity index (χ2n) is 9.05. The maximum atomic E-state index is 13.1. The van der Waals surface area contributed by atoms with Crippen LogP contribution in [0.4, 0.5) is 5.69 Å². The summed E-state index contributed by atoms with van der Waals surface area (Å²) in [5.41, 5.74) is -0.316. The Morgan fingerprint density at radius 1 is 1.00 bits per heavy atom. The van der Waals surface area contributed by atoms with Gasteiger partial charge in [0.1, 0.15) is 11.3 Å². The van der Waals surface area contributed by atoms with Crippen molar-refractivity contribution in [1.29, 1.82) is 0 Å². The topological polar surface area (TPSA) is 116 Å². The minimum atomic E-state index is -0.592. The molecule has 0 unspecified atom stereocenters. The Morgan fingerprint density at radius 2 is 1.71 bits per heavy atom. The normalized spacial score (nSPS) is 13.8. The van der Waals surface area contributed by atoms with Gasteiger partial charge in [0.2, 0.25) is 5.91 Å². The zero-order valence-electron chi connectivity index (χ0n) is 21.0. The van der Waals surface area contributed by atoms with Gasteiger partial charge in [-0.15, -0.1) is 0 Å². The van der Waals surface area contributed by atoms with E-state index in [0.717, 1.165) is 57.9 Å². The monoisotopic (exact) mass is 490 g/mol. The summed E-state index contributed by atoms with van der Waals surface area (Å²) in [6.07, 6.45) is 10.0. The van der Waals surface area contributed by atoms with Gasteiger partial charge in [0, 0.05) is 32.0 Å². The predicted molar refractivity (Wildman–Crippen MR) is 132 cm³/mol. The summed E-state index contributed by atoms with van der Waals surface area (Å²) in [6.45, 7) is 4.04. The van der Waals surface area contributed by atoms with Crippen LogP contribution in [0.25, 0.3) is 0 Å². The fourth-order valence-corrected chi connectivity index (χ4v) is 4.55. The maximum Gasteiger partial charge on any atom is 0.302 e. The van der Waals surface area contributed by atoms with Crippen molar-refractivity contribution in [1.82, 2.24) is 4.90 Å². The number of carbonyl (C=O) groups is 3. The van der Waals surface area contributed by atoms with Crippen molar-refractivity contribution in [3.05, 3.63) is 33.9 Å². The standard InChI is InChI=1S/C26H38N2O7/c1-20(29)26-23(28(32)33)14-10-15-24(26)35-19-11-16-25(31)27(22-12-6-5-7-13-22)17-8-3-4-9-18-34-21(2)30/h10,14-15,22H,3-9,11-13,16-19H2,1-2H3. The van der Waals surface area contributed by atoms with E-state index in [1.165, 1.54) is 32.4 Å². The number of Topliss-reactive ketones (excluding diaryl/α,β-unsaturated/α-hetero) is 1. The van der Waals surface area contributed by atoms with Crippen molar-refractivity contribution in [2.24, 2.45) is 0 Å². The molecule has 0 aliphatic heterocycles. The number of ether oxygens (including phenoxy) is 2. The number of hydrogen-bond donors (Lipinski definition) is 0. The van der Waals surface area contributed by atoms with Crippen LogP contribution in [-0.2, 0) is 14.3 Å². The zero-order chi connectivity index (χ0) is 25.6. The van der Waals surface area contributed by atoms with Crippen LogP contribution in [0.1, 0.15) is 94.8 Å². The summed E-state index contributed by atoms with van der Waals surface area (Å²) in [6, 6.07) is 4.59. The number of amides is 1. The minimum absolute atomic E-state index is 0.0404. The van der Waals surface area contributed by atoms with Gasteiger partial charge >= 0.3 is 5.97 Å². The molecular formula is C26H38N2O7. The van der Waals surface area contributed by atoms with Crippen LogP contribution < -0.4 is 4.74 Å². The van der Waals surface area contributed by atoms with Crippen LogP contribution in [0.15, 0.2) is 18.2 Å². The van der Waals surface area contributed by atoms with Gasteiger partial charge in [-0.05, 0) is 51.5 Å². The third kappa shape index (κ3) is 9.66. The van der Waals surface area contributed by atoms with E-state index < -0.39 is 10.7 Å². The molecule has 0 heterocycles. The fraction of sp³-hybridized carbons (Fsp3) is 0.654. The Kier molecular flexibility index (Phi) is 12.2. The molecule has 1 aromatic rings. The van der Waals surface area contributed by atoms with E-state index in [2.05, 4.69) is 0 Å². The molecule has 0 spiro atoms. The highest BCUT2D eigenvalue weighted by atomic mass is 16.6. The van der Waals surface area contributed by atoms with Gasteiger partial charge < -0.3 is 14.4 Å². The number of rotatable bonds is 15. The number of hydrogen-bond acceptors (Lipinski definition) is 7. The molecule has 1 amide bonds. The summed E-state index contributed by atoms with van der Waals surface area (Å²) < 4.78 is 10.6. The first kappa shape index (κ1) is 28.3. The lowest BCUT2D eigenvalue weighted by atomic mass is 9.93. The van der Waals surface area contributed by atoms with Crippen molar-refractivity contribution in [2.45, 2.75) is 90.5 Å². The summed E-state index contributed by atoms with van der Waals surface area (Å²) in [5, 5.41) is 11.2. The zero-order valence-corrected chi connectivity index (χ0v) is 21.0.